The third kappa shape index (κ3) is 6.13. The van der Waals surface area contributed by atoms with Gasteiger partial charge >= 0.3 is 0 Å². The van der Waals surface area contributed by atoms with Crippen LogP contribution in [0.3, 0.4) is 0 Å². The van der Waals surface area contributed by atoms with E-state index < -0.39 is 8.07 Å². The Morgan fingerprint density at radius 3 is 2.52 bits per heavy atom. The van der Waals surface area contributed by atoms with Crippen molar-refractivity contribution in [3.63, 3.8) is 0 Å². The topological polar surface area (TPSA) is 61.0 Å². The Labute approximate surface area is 176 Å². The molecule has 0 fully saturated rings. The summed E-state index contributed by atoms with van der Waals surface area (Å²) in [5.74, 6) is 0.555. The second kappa shape index (κ2) is 9.52. The zero-order chi connectivity index (χ0) is 20.9. The molecule has 0 amide bonds. The first kappa shape index (κ1) is 21.5. The number of aromatic nitrogens is 2. The summed E-state index contributed by atoms with van der Waals surface area (Å²) >= 11 is 1.64. The molecule has 0 aliphatic carbocycles. The fourth-order valence-corrected chi connectivity index (χ4v) is 4.34. The van der Waals surface area contributed by atoms with Crippen molar-refractivity contribution >= 4 is 25.7 Å². The molecule has 0 atom stereocenters. The molecule has 0 aliphatic heterocycles. The average Bonchev–Trinajstić information content (AvgIpc) is 2.68. The van der Waals surface area contributed by atoms with Gasteiger partial charge in [-0.15, -0.1) is 0 Å². The lowest BCUT2D eigenvalue weighted by molar-refractivity contribution is 0.198. The number of nitrogen functional groups attached to an aromatic ring is 1. The summed E-state index contributed by atoms with van der Waals surface area (Å²) < 4.78 is 20.6. The Bertz CT molecular complexity index is 961. The zero-order valence-electron chi connectivity index (χ0n) is 17.0. The van der Waals surface area contributed by atoms with Crippen LogP contribution in [0.15, 0.2) is 59.8 Å². The second-order valence-corrected chi connectivity index (χ2v) is 14.6. The summed E-state index contributed by atoms with van der Waals surface area (Å²) in [7, 11) is -1.09. The summed E-state index contributed by atoms with van der Waals surface area (Å²) in [5, 5.41) is 0. The van der Waals surface area contributed by atoms with Crippen molar-refractivity contribution in [3.05, 3.63) is 60.7 Å². The molecule has 1 heterocycles. The minimum atomic E-state index is -1.09. The highest BCUT2D eigenvalue weighted by molar-refractivity contribution is 7.99. The molecule has 1 aromatic heterocycles. The van der Waals surface area contributed by atoms with Gasteiger partial charge in [0.05, 0.1) is 24.0 Å². The molecule has 3 rings (SSSR count). The van der Waals surface area contributed by atoms with Crippen LogP contribution in [0.4, 0.5) is 10.2 Å². The van der Waals surface area contributed by atoms with Crippen LogP contribution in [0.25, 0.3) is 22.4 Å². The van der Waals surface area contributed by atoms with Crippen molar-refractivity contribution in [1.29, 1.82) is 0 Å². The number of rotatable bonds is 8. The molecule has 0 bridgehead atoms. The van der Waals surface area contributed by atoms with E-state index in [1.54, 1.807) is 23.9 Å². The van der Waals surface area contributed by atoms with Gasteiger partial charge in [0.25, 0.3) is 0 Å². The normalized spacial score (nSPS) is 11.6. The molecule has 0 saturated heterocycles. The van der Waals surface area contributed by atoms with E-state index in [2.05, 4.69) is 29.6 Å². The summed E-state index contributed by atoms with van der Waals surface area (Å²) in [4.78, 5) is 9.22. The fourth-order valence-electron chi connectivity index (χ4n) is 2.74. The average molecular weight is 428 g/mol. The Balaban J connectivity index is 1.74. The lowest BCUT2D eigenvalue weighted by Gasteiger charge is -2.15. The molecular formula is C22H26FN3OSSi. The Hall–Kier alpha value is -2.22. The van der Waals surface area contributed by atoms with Crippen LogP contribution in [-0.2, 0) is 4.74 Å². The van der Waals surface area contributed by atoms with Gasteiger partial charge in [-0.2, -0.15) is 0 Å². The minimum Gasteiger partial charge on any atom is -0.382 e. The predicted molar refractivity (Wildman–Crippen MR) is 122 cm³/mol. The first-order valence-electron chi connectivity index (χ1n) is 9.51. The van der Waals surface area contributed by atoms with E-state index in [4.69, 9.17) is 10.5 Å². The van der Waals surface area contributed by atoms with Crippen molar-refractivity contribution in [2.24, 2.45) is 0 Å². The molecule has 29 heavy (non-hydrogen) atoms. The molecule has 7 heteroatoms. The van der Waals surface area contributed by atoms with Crippen LogP contribution < -0.4 is 5.73 Å². The highest BCUT2D eigenvalue weighted by atomic mass is 32.2. The van der Waals surface area contributed by atoms with Crippen molar-refractivity contribution in [2.45, 2.75) is 30.6 Å². The number of nitrogens with two attached hydrogens (primary N) is 1. The molecule has 3 aromatic rings. The van der Waals surface area contributed by atoms with E-state index in [9.17, 15) is 4.39 Å². The lowest BCUT2D eigenvalue weighted by atomic mass is 10.0. The molecule has 0 saturated carbocycles. The lowest BCUT2D eigenvalue weighted by Crippen LogP contribution is -2.21. The number of hydrogen-bond donors (Lipinski definition) is 1. The van der Waals surface area contributed by atoms with Gasteiger partial charge in [0.2, 0.25) is 0 Å². The molecule has 152 valence electrons. The van der Waals surface area contributed by atoms with Crippen molar-refractivity contribution in [2.75, 3.05) is 18.3 Å². The molecule has 2 N–H and O–H groups in total. The number of hydrogen-bond acceptors (Lipinski definition) is 5. The minimum absolute atomic E-state index is 0.309. The number of nitrogens with zero attached hydrogens (tertiary/aromatic N) is 2. The number of anilines is 1. The van der Waals surface area contributed by atoms with Crippen molar-refractivity contribution < 1.29 is 9.13 Å². The van der Waals surface area contributed by atoms with E-state index in [-0.39, 0.29) is 5.82 Å². The third-order valence-electron chi connectivity index (χ3n) is 4.41. The Morgan fingerprint density at radius 2 is 1.83 bits per heavy atom. The summed E-state index contributed by atoms with van der Waals surface area (Å²) in [5.41, 5.74) is 8.23. The molecule has 4 nitrogen and oxygen atoms in total. The van der Waals surface area contributed by atoms with Crippen LogP contribution in [0.2, 0.25) is 25.7 Å². The van der Waals surface area contributed by atoms with Crippen LogP contribution in [-0.4, -0.2) is 30.6 Å². The zero-order valence-corrected chi connectivity index (χ0v) is 18.8. The highest BCUT2D eigenvalue weighted by Gasteiger charge is 2.13. The van der Waals surface area contributed by atoms with Gasteiger partial charge in [-0.1, -0.05) is 55.7 Å². The quantitative estimate of drug-likeness (QED) is 0.209. The summed E-state index contributed by atoms with van der Waals surface area (Å²) in [6, 6.07) is 14.3. The van der Waals surface area contributed by atoms with Gasteiger partial charge in [0, 0.05) is 25.1 Å². The van der Waals surface area contributed by atoms with Gasteiger partial charge in [0.1, 0.15) is 11.6 Å². The van der Waals surface area contributed by atoms with Crippen LogP contribution in [0, 0.1) is 5.82 Å². The third-order valence-corrected chi connectivity index (χ3v) is 7.06. The summed E-state index contributed by atoms with van der Waals surface area (Å²) in [6.45, 7) is 7.81. The van der Waals surface area contributed by atoms with Gasteiger partial charge in [-0.05, 0) is 35.4 Å². The fraction of sp³-hybridized carbons (Fsp3) is 0.273. The van der Waals surface area contributed by atoms with E-state index in [0.29, 0.717) is 23.0 Å². The van der Waals surface area contributed by atoms with E-state index >= 15 is 0 Å². The van der Waals surface area contributed by atoms with Crippen molar-refractivity contribution in [1.82, 2.24) is 9.97 Å². The maximum absolute atomic E-state index is 14.8. The standard InChI is InChI=1S/C22H26FN3OSSi/c1-29(2,3)11-10-27-15-28-21-7-5-4-6-17(21)16-8-9-18(19(23)12-16)20-13-26-22(24)14-25-20/h4-9,12-14H,10-11,15H2,1-3H3,(H2,24,26). The molecule has 0 spiro atoms. The van der Waals surface area contributed by atoms with Crippen molar-refractivity contribution in [3.8, 4) is 22.4 Å². The number of halogens is 1. The molecule has 2 aromatic carbocycles. The van der Waals surface area contributed by atoms with Gasteiger partial charge < -0.3 is 10.5 Å². The van der Waals surface area contributed by atoms with E-state index in [1.807, 2.05) is 30.3 Å². The Kier molecular flexibility index (Phi) is 7.05. The number of thioether (sulfide) groups is 1. The number of benzene rings is 2. The smallest absolute Gasteiger partial charge is 0.141 e. The molecular weight excluding hydrogens is 401 g/mol. The predicted octanol–water partition coefficient (Wildman–Crippen LogP) is 5.94. The monoisotopic (exact) mass is 427 g/mol. The molecule has 0 radical (unpaired) electrons. The van der Waals surface area contributed by atoms with Gasteiger partial charge in [-0.25, -0.2) is 9.37 Å². The molecule has 0 aliphatic rings. The van der Waals surface area contributed by atoms with Gasteiger partial charge in [-0.3, -0.25) is 4.98 Å². The second-order valence-electron chi connectivity index (χ2n) is 8.00. The van der Waals surface area contributed by atoms with Crippen LogP contribution in [0.5, 0.6) is 0 Å². The van der Waals surface area contributed by atoms with Crippen LogP contribution >= 0.6 is 11.8 Å². The molecule has 0 unspecified atom stereocenters. The maximum atomic E-state index is 14.8. The SMILES string of the molecule is C[Si](C)(C)CCOCSc1ccccc1-c1ccc(-c2cnc(N)cn2)c(F)c1. The maximum Gasteiger partial charge on any atom is 0.141 e. The highest BCUT2D eigenvalue weighted by Crippen LogP contribution is 2.33. The van der Waals surface area contributed by atoms with E-state index in [1.165, 1.54) is 12.4 Å². The Morgan fingerprint density at radius 1 is 1.03 bits per heavy atom. The van der Waals surface area contributed by atoms with Crippen LogP contribution in [0.1, 0.15) is 0 Å². The largest absolute Gasteiger partial charge is 0.382 e. The van der Waals surface area contributed by atoms with E-state index in [0.717, 1.165) is 28.7 Å². The first-order chi connectivity index (χ1) is 13.8. The van der Waals surface area contributed by atoms with Gasteiger partial charge in [0.15, 0.2) is 0 Å². The first-order valence-corrected chi connectivity index (χ1v) is 14.2. The number of ether oxygens (including phenoxy) is 1. The summed E-state index contributed by atoms with van der Waals surface area (Å²) in [6.07, 6.45) is 2.91.